The van der Waals surface area contributed by atoms with Crippen LogP contribution < -0.4 is 33.2 Å². The summed E-state index contributed by atoms with van der Waals surface area (Å²) >= 11 is 1.51. The van der Waals surface area contributed by atoms with Gasteiger partial charge in [0.15, 0.2) is 5.96 Å². The molecule has 3 amide bonds. The third-order valence-corrected chi connectivity index (χ3v) is 5.44. The minimum Gasteiger partial charge on any atom is -0.480 e. The van der Waals surface area contributed by atoms with E-state index in [4.69, 9.17) is 17.2 Å². The Morgan fingerprint density at radius 1 is 1.03 bits per heavy atom. The summed E-state index contributed by atoms with van der Waals surface area (Å²) in [7, 11) is 0. The number of carbonyl (C=O) groups is 4. The van der Waals surface area contributed by atoms with E-state index < -0.39 is 41.8 Å². The summed E-state index contributed by atoms with van der Waals surface area (Å²) in [6.07, 6.45) is 3.25. The van der Waals surface area contributed by atoms with Crippen molar-refractivity contribution in [1.29, 1.82) is 0 Å². The smallest absolute Gasteiger partial charge is 0.326 e. The lowest BCUT2D eigenvalue weighted by Crippen LogP contribution is -2.58. The molecule has 0 heterocycles. The second-order valence-corrected chi connectivity index (χ2v) is 8.31. The lowest BCUT2D eigenvalue weighted by molar-refractivity contribution is -0.142. The minimum absolute atomic E-state index is 0.0989. The number of guanidine groups is 1. The van der Waals surface area contributed by atoms with Crippen molar-refractivity contribution in [2.24, 2.45) is 28.1 Å². The second kappa shape index (κ2) is 16.1. The molecular formula is C19H37N7O5S. The summed E-state index contributed by atoms with van der Waals surface area (Å²) in [6, 6.07) is -2.99. The monoisotopic (exact) mass is 475 g/mol. The first-order chi connectivity index (χ1) is 15.1. The quantitative estimate of drug-likeness (QED) is 0.0771. The predicted octanol–water partition coefficient (Wildman–Crippen LogP) is -1.66. The van der Waals surface area contributed by atoms with Gasteiger partial charge < -0.3 is 38.3 Å². The Morgan fingerprint density at radius 3 is 2.19 bits per heavy atom. The average Bonchev–Trinajstić information content (AvgIpc) is 2.75. The zero-order chi connectivity index (χ0) is 24.7. The Bertz CT molecular complexity index is 658. The lowest BCUT2D eigenvalue weighted by Gasteiger charge is -2.27. The maximum absolute atomic E-state index is 12.9. The van der Waals surface area contributed by atoms with E-state index in [9.17, 15) is 24.3 Å². The number of nitrogens with two attached hydrogens (primary N) is 3. The van der Waals surface area contributed by atoms with Crippen molar-refractivity contribution >= 4 is 41.4 Å². The van der Waals surface area contributed by atoms with E-state index in [0.717, 1.165) is 0 Å². The topological polar surface area (TPSA) is 215 Å². The van der Waals surface area contributed by atoms with Crippen molar-refractivity contribution in [3.05, 3.63) is 0 Å². The van der Waals surface area contributed by atoms with Crippen LogP contribution in [0.15, 0.2) is 4.99 Å². The van der Waals surface area contributed by atoms with Gasteiger partial charge in [-0.2, -0.15) is 11.8 Å². The first kappa shape index (κ1) is 29.5. The van der Waals surface area contributed by atoms with Crippen LogP contribution in [0.25, 0.3) is 0 Å². The van der Waals surface area contributed by atoms with Crippen LogP contribution in [0.3, 0.4) is 0 Å². The molecule has 0 rings (SSSR count). The number of aliphatic imine (C=N–C) groups is 1. The number of carboxylic acid groups (broad SMARTS) is 1. The van der Waals surface area contributed by atoms with E-state index in [2.05, 4.69) is 20.9 Å². The zero-order valence-corrected chi connectivity index (χ0v) is 19.7. The summed E-state index contributed by atoms with van der Waals surface area (Å²) in [6.45, 7) is 3.58. The molecule has 13 heteroatoms. The van der Waals surface area contributed by atoms with Gasteiger partial charge in [-0.3, -0.25) is 19.4 Å². The number of nitrogens with one attached hydrogen (secondary N) is 3. The van der Waals surface area contributed by atoms with Gasteiger partial charge in [0.25, 0.3) is 0 Å². The summed E-state index contributed by atoms with van der Waals surface area (Å²) in [5.41, 5.74) is 15.8. The van der Waals surface area contributed by atoms with E-state index >= 15 is 0 Å². The standard InChI is InChI=1S/C19H37N7O5S/c1-4-11(2)15(26-16(28)12(7-9-32-3)24-14(27)10-20)17(29)25-13(18(30)31)6-5-8-23-19(21)22/h11-13,15H,4-10,20H2,1-3H3,(H,24,27)(H,25,29)(H,26,28)(H,30,31)(H4,21,22,23). The molecule has 0 aliphatic heterocycles. The van der Waals surface area contributed by atoms with Crippen LogP contribution in [0.4, 0.5) is 0 Å². The summed E-state index contributed by atoms with van der Waals surface area (Å²) in [5, 5.41) is 17.2. The summed E-state index contributed by atoms with van der Waals surface area (Å²) in [5.74, 6) is -2.59. The minimum atomic E-state index is -1.20. The molecule has 0 radical (unpaired) electrons. The molecule has 32 heavy (non-hydrogen) atoms. The highest BCUT2D eigenvalue weighted by Gasteiger charge is 2.31. The van der Waals surface area contributed by atoms with Crippen LogP contribution in [0.2, 0.25) is 0 Å². The van der Waals surface area contributed by atoms with Gasteiger partial charge in [-0.15, -0.1) is 0 Å². The molecule has 184 valence electrons. The zero-order valence-electron chi connectivity index (χ0n) is 18.9. The number of hydrogen-bond donors (Lipinski definition) is 7. The molecule has 0 aromatic heterocycles. The van der Waals surface area contributed by atoms with E-state index in [1.165, 1.54) is 11.8 Å². The Labute approximate surface area is 192 Å². The fourth-order valence-electron chi connectivity index (χ4n) is 2.74. The number of hydrogen-bond acceptors (Lipinski definition) is 7. The SMILES string of the molecule is CCC(C)C(NC(=O)C(CCSC)NC(=O)CN)C(=O)NC(CCCN=C(N)N)C(=O)O. The third-order valence-electron chi connectivity index (χ3n) is 4.80. The van der Waals surface area contributed by atoms with Crippen LogP contribution in [0, 0.1) is 5.92 Å². The molecule has 0 fully saturated rings. The summed E-state index contributed by atoms with van der Waals surface area (Å²) < 4.78 is 0. The number of rotatable bonds is 16. The van der Waals surface area contributed by atoms with E-state index in [-0.39, 0.29) is 31.4 Å². The van der Waals surface area contributed by atoms with Crippen LogP contribution >= 0.6 is 11.8 Å². The van der Waals surface area contributed by atoms with Crippen LogP contribution in [0.1, 0.15) is 39.5 Å². The van der Waals surface area contributed by atoms with Gasteiger partial charge in [0.05, 0.1) is 6.54 Å². The second-order valence-electron chi connectivity index (χ2n) is 7.33. The molecular weight excluding hydrogens is 438 g/mol. The number of carboxylic acids is 1. The predicted molar refractivity (Wildman–Crippen MR) is 125 cm³/mol. The highest BCUT2D eigenvalue weighted by molar-refractivity contribution is 7.98. The van der Waals surface area contributed by atoms with Gasteiger partial charge in [-0.1, -0.05) is 20.3 Å². The number of aliphatic carboxylic acids is 1. The first-order valence-corrected chi connectivity index (χ1v) is 11.8. The summed E-state index contributed by atoms with van der Waals surface area (Å²) in [4.78, 5) is 52.8. The van der Waals surface area contributed by atoms with Crippen LogP contribution in [-0.2, 0) is 19.2 Å². The van der Waals surface area contributed by atoms with Crippen LogP contribution in [-0.4, -0.2) is 78.0 Å². The van der Waals surface area contributed by atoms with E-state index in [0.29, 0.717) is 25.0 Å². The maximum atomic E-state index is 12.9. The molecule has 0 aromatic carbocycles. The fraction of sp³-hybridized carbons (Fsp3) is 0.737. The number of nitrogens with zero attached hydrogens (tertiary/aromatic N) is 1. The van der Waals surface area contributed by atoms with Gasteiger partial charge >= 0.3 is 5.97 Å². The molecule has 0 saturated heterocycles. The first-order valence-electron chi connectivity index (χ1n) is 10.4. The molecule has 4 unspecified atom stereocenters. The molecule has 4 atom stereocenters. The number of amides is 3. The highest BCUT2D eigenvalue weighted by Crippen LogP contribution is 2.11. The Kier molecular flexibility index (Phi) is 14.9. The number of thioether (sulfide) groups is 1. The van der Waals surface area contributed by atoms with Crippen molar-refractivity contribution < 1.29 is 24.3 Å². The highest BCUT2D eigenvalue weighted by atomic mass is 32.2. The van der Waals surface area contributed by atoms with Gasteiger partial charge in [-0.05, 0) is 37.2 Å². The van der Waals surface area contributed by atoms with Crippen LogP contribution in [0.5, 0.6) is 0 Å². The third kappa shape index (κ3) is 11.7. The van der Waals surface area contributed by atoms with Crippen molar-refractivity contribution in [2.45, 2.75) is 57.7 Å². The molecule has 0 bridgehead atoms. The maximum Gasteiger partial charge on any atom is 0.326 e. The molecule has 10 N–H and O–H groups in total. The molecule has 0 aliphatic carbocycles. The van der Waals surface area contributed by atoms with Gasteiger partial charge in [0.2, 0.25) is 17.7 Å². The largest absolute Gasteiger partial charge is 0.480 e. The van der Waals surface area contributed by atoms with Crippen molar-refractivity contribution in [3.63, 3.8) is 0 Å². The van der Waals surface area contributed by atoms with Gasteiger partial charge in [0, 0.05) is 6.54 Å². The average molecular weight is 476 g/mol. The Balaban J connectivity index is 5.31. The van der Waals surface area contributed by atoms with Crippen molar-refractivity contribution in [1.82, 2.24) is 16.0 Å². The molecule has 12 nitrogen and oxygen atoms in total. The molecule has 0 saturated carbocycles. The Hall–Kier alpha value is -2.54. The fourth-order valence-corrected chi connectivity index (χ4v) is 3.21. The van der Waals surface area contributed by atoms with Crippen molar-refractivity contribution in [3.8, 4) is 0 Å². The molecule has 0 spiro atoms. The number of carbonyl (C=O) groups excluding carboxylic acids is 3. The van der Waals surface area contributed by atoms with Crippen molar-refractivity contribution in [2.75, 3.05) is 25.1 Å². The van der Waals surface area contributed by atoms with E-state index in [1.807, 2.05) is 13.2 Å². The van der Waals surface area contributed by atoms with Gasteiger partial charge in [-0.25, -0.2) is 4.79 Å². The van der Waals surface area contributed by atoms with Gasteiger partial charge in [0.1, 0.15) is 18.1 Å². The molecule has 0 aromatic rings. The molecule has 0 aliphatic rings. The normalized spacial score (nSPS) is 14.4. The lowest BCUT2D eigenvalue weighted by atomic mass is 9.97. The van der Waals surface area contributed by atoms with E-state index in [1.54, 1.807) is 6.92 Å². The Morgan fingerprint density at radius 2 is 1.69 bits per heavy atom.